The molecule has 0 atom stereocenters. The second-order valence-corrected chi connectivity index (χ2v) is 11.1. The molecule has 0 aliphatic carbocycles. The normalized spacial score (nSPS) is 11.2. The first-order valence-corrected chi connectivity index (χ1v) is 14.2. The van der Waals surface area contributed by atoms with E-state index in [1.165, 1.54) is 10.5 Å². The summed E-state index contributed by atoms with van der Waals surface area (Å²) < 4.78 is 34.5. The van der Waals surface area contributed by atoms with E-state index >= 15 is 0 Å². The molecular formula is C31H28ClN3O4S. The monoisotopic (exact) mass is 573 g/mol. The molecule has 0 saturated heterocycles. The summed E-state index contributed by atoms with van der Waals surface area (Å²) in [5.74, 6) is 0.128. The van der Waals surface area contributed by atoms with Crippen LogP contribution in [-0.4, -0.2) is 27.1 Å². The van der Waals surface area contributed by atoms with Gasteiger partial charge in [0.15, 0.2) is 0 Å². The molecule has 0 aliphatic rings. The Balaban J connectivity index is 1.63. The summed E-state index contributed by atoms with van der Waals surface area (Å²) in [4.78, 5) is 13.4. The minimum Gasteiger partial charge on any atom is -0.490 e. The molecule has 1 amide bonds. The topological polar surface area (TPSA) is 88.1 Å². The van der Waals surface area contributed by atoms with Gasteiger partial charge in [0.05, 0.1) is 28.9 Å². The molecule has 4 aromatic carbocycles. The second-order valence-electron chi connectivity index (χ2n) is 8.84. The number of benzene rings is 4. The molecule has 204 valence electrons. The molecular weight excluding hydrogens is 546 g/mol. The van der Waals surface area contributed by atoms with Gasteiger partial charge in [-0.25, -0.2) is 13.8 Å². The summed E-state index contributed by atoms with van der Waals surface area (Å²) >= 11 is 6.05. The van der Waals surface area contributed by atoms with Crippen LogP contribution in [0.15, 0.2) is 120 Å². The average molecular weight is 574 g/mol. The lowest BCUT2D eigenvalue weighted by atomic mass is 10.1. The number of amides is 1. The Morgan fingerprint density at radius 1 is 0.975 bits per heavy atom. The van der Waals surface area contributed by atoms with Crippen molar-refractivity contribution >= 4 is 39.4 Å². The van der Waals surface area contributed by atoms with Gasteiger partial charge < -0.3 is 4.74 Å². The third-order valence-electron chi connectivity index (χ3n) is 5.89. The number of anilines is 1. The average Bonchev–Trinajstić information content (AvgIpc) is 2.96. The van der Waals surface area contributed by atoms with E-state index in [1.807, 2.05) is 6.92 Å². The van der Waals surface area contributed by atoms with E-state index in [4.69, 9.17) is 16.3 Å². The fraction of sp³-hybridized carbons (Fsp3) is 0.0968. The molecule has 0 unspecified atom stereocenters. The zero-order chi connectivity index (χ0) is 28.5. The minimum atomic E-state index is -4.05. The third-order valence-corrected chi connectivity index (χ3v) is 7.92. The summed E-state index contributed by atoms with van der Waals surface area (Å²) in [5, 5.41) is 4.61. The van der Waals surface area contributed by atoms with Gasteiger partial charge in [0.2, 0.25) is 0 Å². The molecule has 0 spiro atoms. The smallest absolute Gasteiger partial charge is 0.273 e. The number of nitrogens with one attached hydrogen (secondary N) is 1. The summed E-state index contributed by atoms with van der Waals surface area (Å²) in [7, 11) is -4.05. The van der Waals surface area contributed by atoms with Gasteiger partial charge in [0.25, 0.3) is 15.9 Å². The molecule has 9 heteroatoms. The molecule has 1 N–H and O–H groups in total. The summed E-state index contributed by atoms with van der Waals surface area (Å²) in [6.07, 6.45) is 3.15. The molecule has 0 aromatic heterocycles. The Morgan fingerprint density at radius 2 is 1.65 bits per heavy atom. The van der Waals surface area contributed by atoms with Crippen LogP contribution in [0.25, 0.3) is 0 Å². The lowest BCUT2D eigenvalue weighted by molar-refractivity contribution is 0.0955. The number of hydrogen-bond donors (Lipinski definition) is 1. The first-order valence-electron chi connectivity index (χ1n) is 12.4. The summed E-state index contributed by atoms with van der Waals surface area (Å²) in [6, 6.07) is 27.1. The Bertz CT molecular complexity index is 1600. The molecule has 0 bridgehead atoms. The summed E-state index contributed by atoms with van der Waals surface area (Å²) in [5.41, 5.74) is 5.25. The van der Waals surface area contributed by atoms with Crippen LogP contribution in [0.4, 0.5) is 5.69 Å². The van der Waals surface area contributed by atoms with Crippen LogP contribution in [0.1, 0.15) is 27.0 Å². The van der Waals surface area contributed by atoms with Crippen molar-refractivity contribution in [2.24, 2.45) is 5.10 Å². The van der Waals surface area contributed by atoms with E-state index in [1.54, 1.807) is 103 Å². The zero-order valence-electron chi connectivity index (χ0n) is 21.8. The van der Waals surface area contributed by atoms with Gasteiger partial charge in [-0.1, -0.05) is 66.2 Å². The number of ether oxygens (including phenoxy) is 1. The maximum absolute atomic E-state index is 13.9. The van der Waals surface area contributed by atoms with E-state index in [0.717, 1.165) is 11.1 Å². The molecule has 40 heavy (non-hydrogen) atoms. The third kappa shape index (κ3) is 7.16. The van der Waals surface area contributed by atoms with E-state index in [0.29, 0.717) is 22.9 Å². The van der Waals surface area contributed by atoms with Crippen molar-refractivity contribution in [2.75, 3.05) is 10.9 Å². The van der Waals surface area contributed by atoms with Gasteiger partial charge in [0.1, 0.15) is 12.4 Å². The highest BCUT2D eigenvalue weighted by atomic mass is 35.5. The van der Waals surface area contributed by atoms with Crippen molar-refractivity contribution in [2.45, 2.75) is 18.4 Å². The SMILES string of the molecule is C=CCOc1ccc(/C=N\NC(=O)c2ccccc2N(Cc2ccc(Cl)cc2)S(=O)(=O)c2ccc(C)cc2)cc1. The maximum atomic E-state index is 13.9. The van der Waals surface area contributed by atoms with Crippen LogP contribution in [0, 0.1) is 6.92 Å². The lowest BCUT2D eigenvalue weighted by Gasteiger charge is -2.26. The van der Waals surface area contributed by atoms with Crippen molar-refractivity contribution < 1.29 is 17.9 Å². The number of nitrogens with zero attached hydrogens (tertiary/aromatic N) is 2. The molecule has 0 saturated carbocycles. The number of para-hydroxylation sites is 1. The van der Waals surface area contributed by atoms with Gasteiger partial charge >= 0.3 is 0 Å². The number of hydrazone groups is 1. The molecule has 0 aliphatic heterocycles. The van der Waals surface area contributed by atoms with E-state index in [9.17, 15) is 13.2 Å². The number of aryl methyl sites for hydroxylation is 1. The van der Waals surface area contributed by atoms with Gasteiger partial charge in [-0.2, -0.15) is 5.10 Å². The molecule has 0 radical (unpaired) electrons. The quantitative estimate of drug-likeness (QED) is 0.128. The zero-order valence-corrected chi connectivity index (χ0v) is 23.4. The second kappa shape index (κ2) is 13.1. The summed E-state index contributed by atoms with van der Waals surface area (Å²) in [6.45, 7) is 5.89. The Labute approximate surface area is 239 Å². The van der Waals surface area contributed by atoms with Crippen LogP contribution in [0.3, 0.4) is 0 Å². The van der Waals surface area contributed by atoms with Crippen molar-refractivity contribution in [3.63, 3.8) is 0 Å². The number of hydrogen-bond acceptors (Lipinski definition) is 5. The van der Waals surface area contributed by atoms with Crippen LogP contribution in [0.2, 0.25) is 5.02 Å². The first-order chi connectivity index (χ1) is 19.3. The van der Waals surface area contributed by atoms with Crippen molar-refractivity contribution in [3.05, 3.63) is 137 Å². The highest BCUT2D eigenvalue weighted by Gasteiger charge is 2.28. The van der Waals surface area contributed by atoms with Crippen LogP contribution in [-0.2, 0) is 16.6 Å². The predicted octanol–water partition coefficient (Wildman–Crippen LogP) is 6.37. The van der Waals surface area contributed by atoms with E-state index < -0.39 is 15.9 Å². The lowest BCUT2D eigenvalue weighted by Crippen LogP contribution is -2.33. The maximum Gasteiger partial charge on any atom is 0.273 e. The van der Waals surface area contributed by atoms with Crippen LogP contribution < -0.4 is 14.5 Å². The van der Waals surface area contributed by atoms with Gasteiger partial charge in [-0.15, -0.1) is 0 Å². The van der Waals surface area contributed by atoms with E-state index in [2.05, 4.69) is 17.1 Å². The highest BCUT2D eigenvalue weighted by Crippen LogP contribution is 2.30. The fourth-order valence-electron chi connectivity index (χ4n) is 3.81. The fourth-order valence-corrected chi connectivity index (χ4v) is 5.40. The van der Waals surface area contributed by atoms with Gasteiger partial charge in [-0.05, 0) is 78.7 Å². The minimum absolute atomic E-state index is 0.0127. The first kappa shape index (κ1) is 28.6. The van der Waals surface area contributed by atoms with Crippen molar-refractivity contribution in [1.29, 1.82) is 0 Å². The van der Waals surface area contributed by atoms with Gasteiger partial charge in [-0.3, -0.25) is 9.10 Å². The number of halogens is 1. The van der Waals surface area contributed by atoms with Crippen molar-refractivity contribution in [1.82, 2.24) is 5.43 Å². The van der Waals surface area contributed by atoms with E-state index in [-0.39, 0.29) is 22.7 Å². The predicted molar refractivity (Wildman–Crippen MR) is 160 cm³/mol. The standard InChI is InChI=1S/C31H28ClN3O4S/c1-3-20-39-27-16-12-24(13-17-27)21-33-34-31(36)29-6-4-5-7-30(29)35(22-25-10-14-26(32)15-11-25)40(37,38)28-18-8-23(2)9-19-28/h3-19,21H,1,20,22H2,2H3,(H,34,36)/b33-21-. The van der Waals surface area contributed by atoms with Crippen LogP contribution >= 0.6 is 11.6 Å². The Kier molecular flexibility index (Phi) is 9.37. The number of rotatable bonds is 11. The Hall–Kier alpha value is -4.40. The number of sulfonamides is 1. The van der Waals surface area contributed by atoms with Crippen LogP contribution in [0.5, 0.6) is 5.75 Å². The molecule has 7 nitrogen and oxygen atoms in total. The number of carbonyl (C=O) groups is 1. The largest absolute Gasteiger partial charge is 0.490 e. The highest BCUT2D eigenvalue weighted by molar-refractivity contribution is 7.92. The van der Waals surface area contributed by atoms with Gasteiger partial charge in [0, 0.05) is 5.02 Å². The Morgan fingerprint density at radius 3 is 2.33 bits per heavy atom. The molecule has 4 rings (SSSR count). The molecule has 0 fully saturated rings. The molecule has 4 aromatic rings. The number of carbonyl (C=O) groups excluding carboxylic acids is 1. The molecule has 0 heterocycles. The van der Waals surface area contributed by atoms with Crippen molar-refractivity contribution in [3.8, 4) is 5.75 Å².